The Morgan fingerprint density at radius 2 is 1.81 bits per heavy atom. The van der Waals surface area contributed by atoms with E-state index in [0.29, 0.717) is 0 Å². The second kappa shape index (κ2) is 5.72. The van der Waals surface area contributed by atoms with E-state index >= 15 is 0 Å². The molecule has 0 amide bonds. The molecule has 0 unspecified atom stereocenters. The van der Waals surface area contributed by atoms with Gasteiger partial charge >= 0.3 is 0 Å². The number of ether oxygens (including phenoxy) is 1. The predicted molar refractivity (Wildman–Crippen MR) is 84.2 cm³/mol. The van der Waals surface area contributed by atoms with Gasteiger partial charge in [0.15, 0.2) is 12.4 Å². The second-order valence-electron chi connectivity index (χ2n) is 5.79. The van der Waals surface area contributed by atoms with Gasteiger partial charge in [0, 0.05) is 5.56 Å². The fourth-order valence-electron chi connectivity index (χ4n) is 2.79. The smallest absolute Gasteiger partial charge is 0.200 e. The first-order valence-corrected chi connectivity index (χ1v) is 7.48. The molecule has 0 aromatic heterocycles. The van der Waals surface area contributed by atoms with Gasteiger partial charge in [-0.05, 0) is 73.6 Å². The maximum absolute atomic E-state index is 12.2. The highest BCUT2D eigenvalue weighted by atomic mass is 16.5. The van der Waals surface area contributed by atoms with Crippen LogP contribution in [0.3, 0.4) is 0 Å². The van der Waals surface area contributed by atoms with Crippen LogP contribution in [0.2, 0.25) is 0 Å². The Labute approximate surface area is 125 Å². The van der Waals surface area contributed by atoms with Crippen molar-refractivity contribution in [2.45, 2.75) is 33.1 Å². The van der Waals surface area contributed by atoms with Crippen LogP contribution in [0, 0.1) is 13.8 Å². The van der Waals surface area contributed by atoms with Gasteiger partial charge in [-0.2, -0.15) is 0 Å². The summed E-state index contributed by atoms with van der Waals surface area (Å²) in [5, 5.41) is 0. The van der Waals surface area contributed by atoms with Gasteiger partial charge in [0.1, 0.15) is 5.75 Å². The van der Waals surface area contributed by atoms with E-state index in [-0.39, 0.29) is 12.4 Å². The summed E-state index contributed by atoms with van der Waals surface area (Å²) in [5.41, 5.74) is 5.85. The first-order valence-electron chi connectivity index (χ1n) is 7.48. The molecule has 0 radical (unpaired) electrons. The Kier molecular flexibility index (Phi) is 3.78. The molecule has 0 bridgehead atoms. The fourth-order valence-corrected chi connectivity index (χ4v) is 2.79. The zero-order valence-electron chi connectivity index (χ0n) is 12.6. The minimum absolute atomic E-state index is 0.0265. The molecule has 0 atom stereocenters. The molecule has 2 heteroatoms. The summed E-state index contributed by atoms with van der Waals surface area (Å²) < 4.78 is 5.67. The van der Waals surface area contributed by atoms with Crippen LogP contribution < -0.4 is 4.74 Å². The molecule has 1 aliphatic carbocycles. The Bertz CT molecular complexity index is 686. The van der Waals surface area contributed by atoms with Crippen LogP contribution in [0.25, 0.3) is 0 Å². The van der Waals surface area contributed by atoms with Crippen molar-refractivity contribution in [2.24, 2.45) is 0 Å². The highest BCUT2D eigenvalue weighted by molar-refractivity contribution is 5.97. The number of carbonyl (C=O) groups is 1. The lowest BCUT2D eigenvalue weighted by Crippen LogP contribution is -2.12. The summed E-state index contributed by atoms with van der Waals surface area (Å²) in [6.45, 7) is 4.17. The van der Waals surface area contributed by atoms with Crippen LogP contribution in [0.1, 0.15) is 39.0 Å². The number of hydrogen-bond acceptors (Lipinski definition) is 2. The molecule has 3 rings (SSSR count). The molecule has 108 valence electrons. The van der Waals surface area contributed by atoms with Gasteiger partial charge in [0.25, 0.3) is 0 Å². The van der Waals surface area contributed by atoms with Crippen molar-refractivity contribution in [1.82, 2.24) is 0 Å². The van der Waals surface area contributed by atoms with Crippen LogP contribution >= 0.6 is 0 Å². The second-order valence-corrected chi connectivity index (χ2v) is 5.79. The van der Waals surface area contributed by atoms with E-state index in [0.717, 1.165) is 29.7 Å². The molecule has 0 aliphatic heterocycles. The van der Waals surface area contributed by atoms with E-state index in [4.69, 9.17) is 4.74 Å². The molecular weight excluding hydrogens is 260 g/mol. The van der Waals surface area contributed by atoms with Crippen molar-refractivity contribution in [1.29, 1.82) is 0 Å². The Hall–Kier alpha value is -2.09. The molecule has 2 nitrogen and oxygen atoms in total. The van der Waals surface area contributed by atoms with Gasteiger partial charge in [-0.3, -0.25) is 4.79 Å². The predicted octanol–water partition coefficient (Wildman–Crippen LogP) is 4.05. The quantitative estimate of drug-likeness (QED) is 0.790. The molecule has 0 N–H and O–H groups in total. The average Bonchev–Trinajstić information content (AvgIpc) is 2.95. The summed E-state index contributed by atoms with van der Waals surface area (Å²) in [7, 11) is 0. The molecule has 0 spiro atoms. The van der Waals surface area contributed by atoms with Crippen LogP contribution in [0.5, 0.6) is 5.75 Å². The van der Waals surface area contributed by atoms with Gasteiger partial charge in [-0.25, -0.2) is 0 Å². The number of hydrogen-bond donors (Lipinski definition) is 0. The number of fused-ring (bicyclic) bond motifs is 1. The van der Waals surface area contributed by atoms with Crippen molar-refractivity contribution < 1.29 is 9.53 Å². The van der Waals surface area contributed by atoms with Crippen molar-refractivity contribution in [3.63, 3.8) is 0 Å². The maximum Gasteiger partial charge on any atom is 0.200 e. The Morgan fingerprint density at radius 1 is 1.00 bits per heavy atom. The lowest BCUT2D eigenvalue weighted by Gasteiger charge is -2.08. The molecule has 0 saturated heterocycles. The Balaban J connectivity index is 1.67. The van der Waals surface area contributed by atoms with Gasteiger partial charge in [0.05, 0.1) is 0 Å². The van der Waals surface area contributed by atoms with Crippen LogP contribution in [-0.4, -0.2) is 12.4 Å². The summed E-state index contributed by atoms with van der Waals surface area (Å²) in [6, 6.07) is 12.0. The molecule has 0 heterocycles. The number of Topliss-reactive ketones (excluding diaryl/α,β-unsaturated/α-hetero) is 1. The van der Waals surface area contributed by atoms with E-state index in [9.17, 15) is 4.79 Å². The highest BCUT2D eigenvalue weighted by Crippen LogP contribution is 2.26. The van der Waals surface area contributed by atoms with Crippen LogP contribution in [0.15, 0.2) is 36.4 Å². The first-order chi connectivity index (χ1) is 10.1. The summed E-state index contributed by atoms with van der Waals surface area (Å²) >= 11 is 0. The zero-order valence-corrected chi connectivity index (χ0v) is 12.6. The van der Waals surface area contributed by atoms with E-state index in [2.05, 4.69) is 12.1 Å². The third-order valence-corrected chi connectivity index (χ3v) is 4.27. The van der Waals surface area contributed by atoms with Gasteiger partial charge in [-0.1, -0.05) is 18.2 Å². The molecule has 0 saturated carbocycles. The van der Waals surface area contributed by atoms with Gasteiger partial charge < -0.3 is 4.74 Å². The number of benzene rings is 2. The van der Waals surface area contributed by atoms with E-state index in [1.54, 1.807) is 0 Å². The van der Waals surface area contributed by atoms with E-state index in [1.165, 1.54) is 23.1 Å². The number of ketones is 1. The number of aryl methyl sites for hydroxylation is 4. The SMILES string of the molecule is Cc1ccc(C(=O)COc2ccc3c(c2)CCC3)cc1C. The maximum atomic E-state index is 12.2. The molecule has 21 heavy (non-hydrogen) atoms. The van der Waals surface area contributed by atoms with Crippen molar-refractivity contribution in [2.75, 3.05) is 6.61 Å². The average molecular weight is 280 g/mol. The largest absolute Gasteiger partial charge is 0.485 e. The zero-order chi connectivity index (χ0) is 14.8. The molecule has 1 aliphatic rings. The summed E-state index contributed by atoms with van der Waals surface area (Å²) in [4.78, 5) is 12.2. The lowest BCUT2D eigenvalue weighted by atomic mass is 10.0. The topological polar surface area (TPSA) is 26.3 Å². The Morgan fingerprint density at radius 3 is 2.62 bits per heavy atom. The fraction of sp³-hybridized carbons (Fsp3) is 0.316. The van der Waals surface area contributed by atoms with Crippen molar-refractivity contribution in [3.05, 3.63) is 64.2 Å². The van der Waals surface area contributed by atoms with Gasteiger partial charge in [0.2, 0.25) is 0 Å². The first kappa shape index (κ1) is 13.9. The normalized spacial score (nSPS) is 13.0. The molecule has 0 fully saturated rings. The lowest BCUT2D eigenvalue weighted by molar-refractivity contribution is 0.0921. The third-order valence-electron chi connectivity index (χ3n) is 4.27. The summed E-state index contributed by atoms with van der Waals surface area (Å²) in [5.74, 6) is 0.825. The standard InChI is InChI=1S/C19H20O2/c1-13-6-7-17(10-14(13)2)19(20)12-21-18-9-8-15-4-3-5-16(15)11-18/h6-11H,3-5,12H2,1-2H3. The molecular formula is C19H20O2. The number of carbonyl (C=O) groups excluding carboxylic acids is 1. The third kappa shape index (κ3) is 2.99. The highest BCUT2D eigenvalue weighted by Gasteiger charge is 2.12. The van der Waals surface area contributed by atoms with E-state index < -0.39 is 0 Å². The van der Waals surface area contributed by atoms with Crippen LogP contribution in [-0.2, 0) is 12.8 Å². The van der Waals surface area contributed by atoms with Crippen molar-refractivity contribution >= 4 is 5.78 Å². The molecule has 2 aromatic rings. The van der Waals surface area contributed by atoms with Crippen LogP contribution in [0.4, 0.5) is 0 Å². The minimum Gasteiger partial charge on any atom is -0.485 e. The molecule has 2 aromatic carbocycles. The van der Waals surface area contributed by atoms with E-state index in [1.807, 2.05) is 38.1 Å². The summed E-state index contributed by atoms with van der Waals surface area (Å²) in [6.07, 6.45) is 3.51. The monoisotopic (exact) mass is 280 g/mol. The van der Waals surface area contributed by atoms with Crippen molar-refractivity contribution in [3.8, 4) is 5.75 Å². The van der Waals surface area contributed by atoms with Gasteiger partial charge in [-0.15, -0.1) is 0 Å². The number of rotatable bonds is 4. The minimum atomic E-state index is 0.0265.